The number of nitrogens with two attached hydrogens (primary N) is 1. The standard InChI is InChI=1S/C19H23N5O2S/c1-23(2)14-8-6-13(7-9-14)18-20-11-15(26-18)12-27-19-22-21-17(24(19)3)16-5-4-10-25-16/h4-10,15,18,20H,11-12H2,1-3H3/p+1/t15-,18+/m1/s1. The zero-order valence-corrected chi connectivity index (χ0v) is 16.5. The second kappa shape index (κ2) is 7.75. The van der Waals surface area contributed by atoms with Crippen molar-refractivity contribution in [2.75, 3.05) is 31.3 Å². The quantitative estimate of drug-likeness (QED) is 0.653. The Labute approximate surface area is 162 Å². The van der Waals surface area contributed by atoms with Crippen LogP contribution in [0.5, 0.6) is 0 Å². The normalized spacial score (nSPS) is 19.5. The molecule has 3 heterocycles. The van der Waals surface area contributed by atoms with Crippen molar-refractivity contribution in [3.8, 4) is 11.6 Å². The van der Waals surface area contributed by atoms with Gasteiger partial charge in [0.2, 0.25) is 6.23 Å². The van der Waals surface area contributed by atoms with E-state index in [2.05, 4.69) is 44.7 Å². The molecule has 0 spiro atoms. The molecule has 0 unspecified atom stereocenters. The van der Waals surface area contributed by atoms with Crippen LogP contribution in [0.2, 0.25) is 0 Å². The lowest BCUT2D eigenvalue weighted by molar-refractivity contribution is -0.697. The number of hydrogen-bond acceptors (Lipinski definition) is 6. The van der Waals surface area contributed by atoms with Gasteiger partial charge in [-0.05, 0) is 36.4 Å². The highest BCUT2D eigenvalue weighted by Crippen LogP contribution is 2.26. The second-order valence-corrected chi connectivity index (χ2v) is 7.78. The van der Waals surface area contributed by atoms with Crippen LogP contribution >= 0.6 is 11.8 Å². The topological polar surface area (TPSA) is 72.9 Å². The van der Waals surface area contributed by atoms with Crippen molar-refractivity contribution in [1.29, 1.82) is 0 Å². The first kappa shape index (κ1) is 18.1. The number of aromatic nitrogens is 3. The minimum absolute atomic E-state index is 0.0602. The van der Waals surface area contributed by atoms with Crippen LogP contribution in [0.4, 0.5) is 5.69 Å². The number of rotatable bonds is 6. The summed E-state index contributed by atoms with van der Waals surface area (Å²) in [6.07, 6.45) is 1.88. The Kier molecular flexibility index (Phi) is 5.20. The molecule has 1 aliphatic rings. The third-order valence-corrected chi connectivity index (χ3v) is 5.82. The molecule has 142 valence electrons. The molecule has 2 atom stereocenters. The Morgan fingerprint density at radius 1 is 1.22 bits per heavy atom. The summed E-state index contributed by atoms with van der Waals surface area (Å²) in [5.74, 6) is 2.30. The molecular formula is C19H24N5O2S+. The maximum absolute atomic E-state index is 6.22. The maximum Gasteiger partial charge on any atom is 0.217 e. The van der Waals surface area contributed by atoms with E-state index in [1.165, 1.54) is 11.3 Å². The zero-order chi connectivity index (χ0) is 18.8. The van der Waals surface area contributed by atoms with E-state index >= 15 is 0 Å². The summed E-state index contributed by atoms with van der Waals surface area (Å²) >= 11 is 1.66. The summed E-state index contributed by atoms with van der Waals surface area (Å²) in [6, 6.07) is 12.3. The van der Waals surface area contributed by atoms with Crippen LogP contribution in [0, 0.1) is 0 Å². The lowest BCUT2D eigenvalue weighted by Crippen LogP contribution is -2.82. The summed E-state index contributed by atoms with van der Waals surface area (Å²) in [5, 5.41) is 11.6. The van der Waals surface area contributed by atoms with Crippen LogP contribution in [0.15, 0.2) is 52.2 Å². The van der Waals surface area contributed by atoms with Gasteiger partial charge >= 0.3 is 0 Å². The fourth-order valence-electron chi connectivity index (χ4n) is 3.11. The molecule has 7 nitrogen and oxygen atoms in total. The average molecular weight is 387 g/mol. The largest absolute Gasteiger partial charge is 0.461 e. The van der Waals surface area contributed by atoms with Crippen molar-refractivity contribution < 1.29 is 14.5 Å². The Morgan fingerprint density at radius 2 is 2.04 bits per heavy atom. The fourth-order valence-corrected chi connectivity index (χ4v) is 4.03. The molecule has 8 heteroatoms. The fraction of sp³-hybridized carbons (Fsp3) is 0.368. The highest BCUT2D eigenvalue weighted by atomic mass is 32.2. The smallest absolute Gasteiger partial charge is 0.217 e. The average Bonchev–Trinajstić information content (AvgIpc) is 3.41. The molecule has 0 saturated carbocycles. The van der Waals surface area contributed by atoms with Gasteiger partial charge in [-0.2, -0.15) is 0 Å². The van der Waals surface area contributed by atoms with Crippen LogP contribution < -0.4 is 10.2 Å². The number of hydrogen-bond donors (Lipinski definition) is 1. The summed E-state index contributed by atoms with van der Waals surface area (Å²) in [5.41, 5.74) is 2.39. The molecule has 3 aromatic rings. The molecule has 0 aliphatic carbocycles. The number of anilines is 1. The highest BCUT2D eigenvalue weighted by Gasteiger charge is 2.30. The Bertz CT molecular complexity index is 876. The van der Waals surface area contributed by atoms with Gasteiger partial charge in [-0.3, -0.25) is 0 Å². The monoisotopic (exact) mass is 386 g/mol. The van der Waals surface area contributed by atoms with E-state index in [-0.39, 0.29) is 12.3 Å². The molecule has 1 aromatic carbocycles. The van der Waals surface area contributed by atoms with Gasteiger partial charge in [-0.15, -0.1) is 10.2 Å². The third kappa shape index (κ3) is 3.87. The number of quaternary nitrogens is 1. The van der Waals surface area contributed by atoms with Crippen molar-refractivity contribution >= 4 is 17.4 Å². The Balaban J connectivity index is 1.34. The zero-order valence-electron chi connectivity index (χ0n) is 15.7. The van der Waals surface area contributed by atoms with Gasteiger partial charge < -0.3 is 23.9 Å². The van der Waals surface area contributed by atoms with E-state index in [0.717, 1.165) is 29.0 Å². The Hall–Kier alpha value is -2.29. The SMILES string of the molecule is CN(C)c1ccc([C@H]2[NH2+]C[C@H](CSc3nnc(-c4ccco4)n3C)O2)cc1. The van der Waals surface area contributed by atoms with Gasteiger partial charge in [-0.25, -0.2) is 0 Å². The number of benzene rings is 1. The van der Waals surface area contributed by atoms with E-state index in [1.807, 2.05) is 37.8 Å². The van der Waals surface area contributed by atoms with Crippen LogP contribution in [-0.2, 0) is 11.8 Å². The molecule has 2 N–H and O–H groups in total. The Morgan fingerprint density at radius 3 is 2.74 bits per heavy atom. The summed E-state index contributed by atoms with van der Waals surface area (Å²) in [6.45, 7) is 0.940. The summed E-state index contributed by atoms with van der Waals surface area (Å²) < 4.78 is 13.6. The number of furan rings is 1. The second-order valence-electron chi connectivity index (χ2n) is 6.79. The number of thioether (sulfide) groups is 1. The molecule has 27 heavy (non-hydrogen) atoms. The van der Waals surface area contributed by atoms with Crippen molar-refractivity contribution in [3.63, 3.8) is 0 Å². The minimum Gasteiger partial charge on any atom is -0.461 e. The van der Waals surface area contributed by atoms with Gasteiger partial charge in [0.1, 0.15) is 12.6 Å². The van der Waals surface area contributed by atoms with Gasteiger partial charge in [0.05, 0.1) is 6.26 Å². The van der Waals surface area contributed by atoms with E-state index in [9.17, 15) is 0 Å². The van der Waals surface area contributed by atoms with Gasteiger partial charge in [0.25, 0.3) is 0 Å². The van der Waals surface area contributed by atoms with Gasteiger partial charge in [0.15, 0.2) is 16.7 Å². The van der Waals surface area contributed by atoms with Crippen LogP contribution in [0.1, 0.15) is 11.8 Å². The van der Waals surface area contributed by atoms with Crippen molar-refractivity contribution in [2.24, 2.45) is 7.05 Å². The molecule has 0 bridgehead atoms. The summed E-state index contributed by atoms with van der Waals surface area (Å²) in [7, 11) is 6.05. The van der Waals surface area contributed by atoms with Gasteiger partial charge in [-0.1, -0.05) is 11.8 Å². The van der Waals surface area contributed by atoms with Crippen molar-refractivity contribution in [3.05, 3.63) is 48.2 Å². The lowest BCUT2D eigenvalue weighted by Gasteiger charge is -2.14. The van der Waals surface area contributed by atoms with E-state index in [1.54, 1.807) is 18.0 Å². The minimum atomic E-state index is 0.0602. The maximum atomic E-state index is 6.22. The van der Waals surface area contributed by atoms with Crippen molar-refractivity contribution in [2.45, 2.75) is 17.5 Å². The van der Waals surface area contributed by atoms with Crippen molar-refractivity contribution in [1.82, 2.24) is 14.8 Å². The first-order valence-electron chi connectivity index (χ1n) is 8.94. The molecule has 1 aliphatic heterocycles. The predicted molar refractivity (Wildman–Crippen MR) is 105 cm³/mol. The number of ether oxygens (including phenoxy) is 1. The highest BCUT2D eigenvalue weighted by molar-refractivity contribution is 7.99. The first-order valence-corrected chi connectivity index (χ1v) is 9.92. The molecule has 2 aromatic heterocycles. The predicted octanol–water partition coefficient (Wildman–Crippen LogP) is 1.89. The summed E-state index contributed by atoms with van der Waals surface area (Å²) in [4.78, 5) is 2.10. The third-order valence-electron chi connectivity index (χ3n) is 4.66. The van der Waals surface area contributed by atoms with Crippen LogP contribution in [0.25, 0.3) is 11.6 Å². The van der Waals surface area contributed by atoms with E-state index in [4.69, 9.17) is 9.15 Å². The van der Waals surface area contributed by atoms with Crippen LogP contribution in [0.3, 0.4) is 0 Å². The lowest BCUT2D eigenvalue weighted by atomic mass is 10.2. The molecule has 0 radical (unpaired) electrons. The molecule has 4 rings (SSSR count). The molecule has 1 fully saturated rings. The molecule has 1 saturated heterocycles. The van der Waals surface area contributed by atoms with E-state index in [0.29, 0.717) is 0 Å². The van der Waals surface area contributed by atoms with E-state index < -0.39 is 0 Å². The molecular weight excluding hydrogens is 362 g/mol. The molecule has 0 amide bonds. The van der Waals surface area contributed by atoms with Gasteiger partial charge in [0, 0.05) is 38.1 Å². The van der Waals surface area contributed by atoms with Crippen LogP contribution in [-0.4, -0.2) is 47.3 Å². The first-order chi connectivity index (χ1) is 13.1. The number of nitrogens with zero attached hydrogens (tertiary/aromatic N) is 4.